The summed E-state index contributed by atoms with van der Waals surface area (Å²) in [6.45, 7) is 2.17. The molecule has 2 heterocycles. The fraction of sp³-hybridized carbons (Fsp3) is 0.211. The number of amides is 1. The zero-order valence-corrected chi connectivity index (χ0v) is 13.5. The fourth-order valence-electron chi connectivity index (χ4n) is 2.37. The molecule has 1 aromatic carbocycles. The van der Waals surface area contributed by atoms with Gasteiger partial charge in [-0.15, -0.1) is 0 Å². The van der Waals surface area contributed by atoms with Crippen molar-refractivity contribution in [1.82, 2.24) is 10.1 Å². The summed E-state index contributed by atoms with van der Waals surface area (Å²) in [6, 6.07) is 13.1. The van der Waals surface area contributed by atoms with Gasteiger partial charge in [0.1, 0.15) is 0 Å². The Hall–Kier alpha value is -2.95. The van der Waals surface area contributed by atoms with Crippen molar-refractivity contribution in [1.29, 1.82) is 0 Å². The predicted molar refractivity (Wildman–Crippen MR) is 92.7 cm³/mol. The van der Waals surface area contributed by atoms with E-state index in [4.69, 9.17) is 4.52 Å². The summed E-state index contributed by atoms with van der Waals surface area (Å²) in [7, 11) is 0. The van der Waals surface area contributed by atoms with Gasteiger partial charge in [-0.05, 0) is 42.7 Å². The average molecular weight is 321 g/mol. The lowest BCUT2D eigenvalue weighted by atomic mass is 10.1. The number of benzene rings is 1. The van der Waals surface area contributed by atoms with Gasteiger partial charge in [0.2, 0.25) is 0 Å². The maximum atomic E-state index is 12.3. The molecule has 0 fully saturated rings. The van der Waals surface area contributed by atoms with E-state index in [0.717, 1.165) is 17.7 Å². The largest absolute Gasteiger partial charge is 0.355 e. The second kappa shape index (κ2) is 7.55. The summed E-state index contributed by atoms with van der Waals surface area (Å²) < 4.78 is 5.23. The minimum atomic E-state index is -0.291. The quantitative estimate of drug-likeness (QED) is 0.733. The molecule has 0 aliphatic rings. The van der Waals surface area contributed by atoms with Gasteiger partial charge in [-0.25, -0.2) is 0 Å². The first kappa shape index (κ1) is 15.9. The standard InChI is InChI=1S/C19H19N3O2/c1-2-3-4-14-5-7-16(8-6-14)21-19(23)17-13-18(24-22-17)15-9-11-20-12-10-15/h5-13H,2-4H2,1H3,(H,21,23). The second-order valence-electron chi connectivity index (χ2n) is 5.57. The number of nitrogens with zero attached hydrogens (tertiary/aromatic N) is 2. The summed E-state index contributed by atoms with van der Waals surface area (Å²) >= 11 is 0. The topological polar surface area (TPSA) is 68.0 Å². The number of carbonyl (C=O) groups excluding carboxylic acids is 1. The van der Waals surface area contributed by atoms with Crippen LogP contribution in [0.1, 0.15) is 35.8 Å². The normalized spacial score (nSPS) is 10.5. The third kappa shape index (κ3) is 3.87. The number of pyridine rings is 1. The van der Waals surface area contributed by atoms with Crippen LogP contribution in [0.2, 0.25) is 0 Å². The van der Waals surface area contributed by atoms with Gasteiger partial charge in [-0.2, -0.15) is 0 Å². The summed E-state index contributed by atoms with van der Waals surface area (Å²) in [6.07, 6.45) is 6.73. The number of unbranched alkanes of at least 4 members (excludes halogenated alkanes) is 1. The van der Waals surface area contributed by atoms with Crippen LogP contribution in [-0.4, -0.2) is 16.0 Å². The van der Waals surface area contributed by atoms with E-state index in [9.17, 15) is 4.79 Å². The Labute approximate surface area is 140 Å². The molecular formula is C19H19N3O2. The highest BCUT2D eigenvalue weighted by Gasteiger charge is 2.13. The van der Waals surface area contributed by atoms with E-state index in [-0.39, 0.29) is 11.6 Å². The van der Waals surface area contributed by atoms with Gasteiger partial charge in [0.25, 0.3) is 5.91 Å². The van der Waals surface area contributed by atoms with Gasteiger partial charge in [0.05, 0.1) is 0 Å². The molecule has 0 aliphatic carbocycles. The summed E-state index contributed by atoms with van der Waals surface area (Å²) in [5.41, 5.74) is 3.10. The van der Waals surface area contributed by atoms with E-state index in [1.807, 2.05) is 24.3 Å². The number of aromatic nitrogens is 2. The molecule has 0 bridgehead atoms. The zero-order chi connectivity index (χ0) is 16.8. The minimum absolute atomic E-state index is 0.247. The summed E-state index contributed by atoms with van der Waals surface area (Å²) in [5, 5.41) is 6.67. The average Bonchev–Trinajstić information content (AvgIpc) is 3.12. The molecule has 3 aromatic rings. The number of rotatable bonds is 6. The van der Waals surface area contributed by atoms with Crippen molar-refractivity contribution >= 4 is 11.6 Å². The Morgan fingerprint density at radius 3 is 2.58 bits per heavy atom. The van der Waals surface area contributed by atoms with Crippen molar-refractivity contribution in [2.24, 2.45) is 0 Å². The molecule has 0 saturated carbocycles. The first-order chi connectivity index (χ1) is 11.8. The molecule has 5 heteroatoms. The van der Waals surface area contributed by atoms with Gasteiger partial charge in [-0.1, -0.05) is 30.6 Å². The van der Waals surface area contributed by atoms with Crippen molar-refractivity contribution in [3.8, 4) is 11.3 Å². The number of hydrogen-bond donors (Lipinski definition) is 1. The van der Waals surface area contributed by atoms with Crippen LogP contribution >= 0.6 is 0 Å². The maximum Gasteiger partial charge on any atom is 0.277 e. The maximum absolute atomic E-state index is 12.3. The van der Waals surface area contributed by atoms with E-state index in [1.165, 1.54) is 18.4 Å². The molecule has 122 valence electrons. The lowest BCUT2D eigenvalue weighted by Gasteiger charge is -2.04. The van der Waals surface area contributed by atoms with E-state index in [2.05, 4.69) is 22.4 Å². The third-order valence-electron chi connectivity index (χ3n) is 3.74. The first-order valence-electron chi connectivity index (χ1n) is 8.03. The van der Waals surface area contributed by atoms with Crippen molar-refractivity contribution in [3.05, 3.63) is 66.1 Å². The van der Waals surface area contributed by atoms with Crippen molar-refractivity contribution in [2.45, 2.75) is 26.2 Å². The van der Waals surface area contributed by atoms with Crippen LogP contribution in [0.3, 0.4) is 0 Å². The molecule has 3 rings (SSSR count). The highest BCUT2D eigenvalue weighted by molar-refractivity contribution is 6.03. The van der Waals surface area contributed by atoms with Crippen molar-refractivity contribution in [2.75, 3.05) is 5.32 Å². The minimum Gasteiger partial charge on any atom is -0.355 e. The SMILES string of the molecule is CCCCc1ccc(NC(=O)c2cc(-c3ccncc3)on2)cc1. The Bertz CT molecular complexity index is 795. The molecule has 5 nitrogen and oxygen atoms in total. The van der Waals surface area contributed by atoms with Crippen LogP contribution in [0.15, 0.2) is 59.4 Å². The van der Waals surface area contributed by atoms with Gasteiger partial charge in [0.15, 0.2) is 11.5 Å². The molecule has 2 aromatic heterocycles. The van der Waals surface area contributed by atoms with Gasteiger partial charge < -0.3 is 9.84 Å². The van der Waals surface area contributed by atoms with Crippen molar-refractivity contribution in [3.63, 3.8) is 0 Å². The number of aryl methyl sites for hydroxylation is 1. The molecule has 0 atom stereocenters. The van der Waals surface area contributed by atoms with Crippen LogP contribution in [0.4, 0.5) is 5.69 Å². The van der Waals surface area contributed by atoms with Crippen molar-refractivity contribution < 1.29 is 9.32 Å². The molecule has 0 saturated heterocycles. The van der Waals surface area contributed by atoms with E-state index < -0.39 is 0 Å². The van der Waals surface area contributed by atoms with Crippen LogP contribution in [-0.2, 0) is 6.42 Å². The highest BCUT2D eigenvalue weighted by Crippen LogP contribution is 2.20. The predicted octanol–water partition coefficient (Wildman–Crippen LogP) is 4.33. The highest BCUT2D eigenvalue weighted by atomic mass is 16.5. The van der Waals surface area contributed by atoms with Crippen LogP contribution in [0.5, 0.6) is 0 Å². The number of carbonyl (C=O) groups is 1. The number of nitrogens with one attached hydrogen (secondary N) is 1. The molecule has 0 radical (unpaired) electrons. The molecule has 1 amide bonds. The van der Waals surface area contributed by atoms with Crippen LogP contribution < -0.4 is 5.32 Å². The lowest BCUT2D eigenvalue weighted by molar-refractivity contribution is 0.101. The molecule has 0 spiro atoms. The molecule has 1 N–H and O–H groups in total. The summed E-state index contributed by atoms with van der Waals surface area (Å²) in [5.74, 6) is 0.248. The smallest absolute Gasteiger partial charge is 0.277 e. The second-order valence-corrected chi connectivity index (χ2v) is 5.57. The Balaban J connectivity index is 1.66. The van der Waals surface area contributed by atoms with Gasteiger partial charge in [0, 0.05) is 29.7 Å². The Morgan fingerprint density at radius 2 is 1.88 bits per heavy atom. The number of hydrogen-bond acceptors (Lipinski definition) is 4. The molecular weight excluding hydrogens is 302 g/mol. The first-order valence-corrected chi connectivity index (χ1v) is 8.03. The molecule has 24 heavy (non-hydrogen) atoms. The zero-order valence-electron chi connectivity index (χ0n) is 13.5. The Kier molecular flexibility index (Phi) is 5.01. The van der Waals surface area contributed by atoms with E-state index >= 15 is 0 Å². The number of anilines is 1. The molecule has 0 aliphatic heterocycles. The monoisotopic (exact) mass is 321 g/mol. The fourth-order valence-corrected chi connectivity index (χ4v) is 2.37. The van der Waals surface area contributed by atoms with E-state index in [1.54, 1.807) is 30.6 Å². The third-order valence-corrected chi connectivity index (χ3v) is 3.74. The van der Waals surface area contributed by atoms with E-state index in [0.29, 0.717) is 5.76 Å². The van der Waals surface area contributed by atoms with Crippen LogP contribution in [0.25, 0.3) is 11.3 Å². The lowest BCUT2D eigenvalue weighted by Crippen LogP contribution is -2.12. The van der Waals surface area contributed by atoms with Crippen LogP contribution in [0, 0.1) is 0 Å². The van der Waals surface area contributed by atoms with Gasteiger partial charge >= 0.3 is 0 Å². The van der Waals surface area contributed by atoms with Gasteiger partial charge in [-0.3, -0.25) is 9.78 Å². The Morgan fingerprint density at radius 1 is 1.12 bits per heavy atom. The summed E-state index contributed by atoms with van der Waals surface area (Å²) in [4.78, 5) is 16.2. The molecule has 0 unspecified atom stereocenters.